The van der Waals surface area contributed by atoms with Gasteiger partial charge in [-0.15, -0.1) is 0 Å². The lowest BCUT2D eigenvalue weighted by Crippen LogP contribution is -2.54. The minimum atomic E-state index is -1.41. The molecule has 1 fully saturated rings. The quantitative estimate of drug-likeness (QED) is 0.189. The van der Waals surface area contributed by atoms with Gasteiger partial charge in [0.25, 0.3) is 0 Å². The van der Waals surface area contributed by atoms with Gasteiger partial charge < -0.3 is 41.2 Å². The molecule has 4 atom stereocenters. The predicted octanol–water partition coefficient (Wildman–Crippen LogP) is -4.52. The zero-order valence-corrected chi connectivity index (χ0v) is 15.2. The van der Waals surface area contributed by atoms with Crippen LogP contribution in [-0.2, 0) is 23.9 Å². The zero-order chi connectivity index (χ0) is 20.4. The molecule has 1 aliphatic rings. The Hall–Kier alpha value is -1.83. The van der Waals surface area contributed by atoms with Crippen molar-refractivity contribution >= 4 is 17.7 Å². The molecule has 1 aliphatic heterocycles. The largest absolute Gasteiger partial charge is 0.388 e. The van der Waals surface area contributed by atoms with Crippen LogP contribution in [0.15, 0.2) is 0 Å². The summed E-state index contributed by atoms with van der Waals surface area (Å²) < 4.78 is 10.3. The Labute approximate surface area is 156 Å². The number of hydrogen-bond acceptors (Lipinski definition) is 9. The molecular weight excluding hydrogens is 364 g/mol. The first-order valence-electron chi connectivity index (χ1n) is 8.56. The highest BCUT2D eigenvalue weighted by Gasteiger charge is 2.38. The fraction of sp³-hybridized carbons (Fsp3) is 0.800. The third-order valence-electron chi connectivity index (χ3n) is 3.65. The fourth-order valence-electron chi connectivity index (χ4n) is 2.39. The molecule has 12 nitrogen and oxygen atoms in total. The SMILES string of the molecule is CCNC(=O)CN(CC(N)=O)CC(=O)NCCO[C@@H]1OC[C@@H](O)[C@@H](O)[C@@H]1O. The van der Waals surface area contributed by atoms with Crippen LogP contribution in [0.1, 0.15) is 6.92 Å². The van der Waals surface area contributed by atoms with E-state index >= 15 is 0 Å². The van der Waals surface area contributed by atoms with Gasteiger partial charge >= 0.3 is 0 Å². The zero-order valence-electron chi connectivity index (χ0n) is 15.2. The normalized spacial score (nSPS) is 25.2. The Morgan fingerprint density at radius 2 is 1.74 bits per heavy atom. The topological polar surface area (TPSA) is 184 Å². The Bertz CT molecular complexity index is 506. The van der Waals surface area contributed by atoms with Gasteiger partial charge in [-0.1, -0.05) is 0 Å². The average molecular weight is 392 g/mol. The van der Waals surface area contributed by atoms with E-state index < -0.39 is 36.4 Å². The molecule has 7 N–H and O–H groups in total. The summed E-state index contributed by atoms with van der Waals surface area (Å²) in [5.41, 5.74) is 5.12. The molecule has 0 aromatic carbocycles. The summed E-state index contributed by atoms with van der Waals surface area (Å²) in [7, 11) is 0. The molecule has 0 bridgehead atoms. The van der Waals surface area contributed by atoms with Crippen LogP contribution in [0.3, 0.4) is 0 Å². The maximum atomic E-state index is 11.9. The van der Waals surface area contributed by atoms with E-state index in [0.717, 1.165) is 0 Å². The number of ether oxygens (including phenoxy) is 2. The lowest BCUT2D eigenvalue weighted by molar-refractivity contribution is -0.269. The van der Waals surface area contributed by atoms with E-state index in [2.05, 4.69) is 10.6 Å². The van der Waals surface area contributed by atoms with Crippen LogP contribution in [-0.4, -0.2) is 108 Å². The standard InChI is InChI=1S/C15H28N4O8/c1-2-17-11(22)6-19(5-10(16)21)7-12(23)18-3-4-26-15-14(25)13(24)9(20)8-27-15/h9,13-15,20,24-25H,2-8H2,1H3,(H2,16,21)(H,17,22)(H,18,23)/t9-,13-,14+,15-/m1/s1. The van der Waals surface area contributed by atoms with Gasteiger partial charge in [-0.05, 0) is 6.92 Å². The highest BCUT2D eigenvalue weighted by molar-refractivity contribution is 5.83. The molecule has 0 aromatic rings. The number of amides is 3. The van der Waals surface area contributed by atoms with Crippen LogP contribution in [0.4, 0.5) is 0 Å². The van der Waals surface area contributed by atoms with Crippen molar-refractivity contribution in [2.75, 3.05) is 45.9 Å². The van der Waals surface area contributed by atoms with Crippen molar-refractivity contribution in [1.82, 2.24) is 15.5 Å². The molecule has 1 heterocycles. The van der Waals surface area contributed by atoms with E-state index in [1.807, 2.05) is 0 Å². The van der Waals surface area contributed by atoms with Gasteiger partial charge in [0.2, 0.25) is 17.7 Å². The highest BCUT2D eigenvalue weighted by Crippen LogP contribution is 2.16. The second-order valence-electron chi connectivity index (χ2n) is 6.04. The van der Waals surface area contributed by atoms with Crippen molar-refractivity contribution in [3.63, 3.8) is 0 Å². The van der Waals surface area contributed by atoms with E-state index in [4.69, 9.17) is 15.2 Å². The maximum absolute atomic E-state index is 11.9. The first-order valence-corrected chi connectivity index (χ1v) is 8.56. The molecule has 0 radical (unpaired) electrons. The summed E-state index contributed by atoms with van der Waals surface area (Å²) in [4.78, 5) is 35.9. The molecule has 0 aromatic heterocycles. The summed E-state index contributed by atoms with van der Waals surface area (Å²) in [5, 5.41) is 33.7. The van der Waals surface area contributed by atoms with Crippen molar-refractivity contribution in [3.8, 4) is 0 Å². The van der Waals surface area contributed by atoms with Gasteiger partial charge in [-0.25, -0.2) is 0 Å². The van der Waals surface area contributed by atoms with Gasteiger partial charge in [0.15, 0.2) is 6.29 Å². The smallest absolute Gasteiger partial charge is 0.234 e. The van der Waals surface area contributed by atoms with E-state index in [9.17, 15) is 29.7 Å². The van der Waals surface area contributed by atoms with Gasteiger partial charge in [-0.3, -0.25) is 19.3 Å². The molecule has 0 unspecified atom stereocenters. The minimum absolute atomic E-state index is 0.0254. The van der Waals surface area contributed by atoms with Crippen LogP contribution in [0.2, 0.25) is 0 Å². The van der Waals surface area contributed by atoms with Crippen molar-refractivity contribution in [2.45, 2.75) is 31.5 Å². The molecule has 1 saturated heterocycles. The highest BCUT2D eigenvalue weighted by atomic mass is 16.7. The lowest BCUT2D eigenvalue weighted by Gasteiger charge is -2.34. The van der Waals surface area contributed by atoms with E-state index in [-0.39, 0.29) is 45.3 Å². The minimum Gasteiger partial charge on any atom is -0.388 e. The number of aliphatic hydroxyl groups excluding tert-OH is 3. The molecule has 12 heteroatoms. The predicted molar refractivity (Wildman–Crippen MR) is 91.0 cm³/mol. The van der Waals surface area contributed by atoms with Crippen LogP contribution in [0.25, 0.3) is 0 Å². The number of nitrogens with one attached hydrogen (secondary N) is 2. The van der Waals surface area contributed by atoms with Crippen LogP contribution >= 0.6 is 0 Å². The van der Waals surface area contributed by atoms with Crippen LogP contribution in [0, 0.1) is 0 Å². The summed E-state index contributed by atoms with van der Waals surface area (Å²) in [6.07, 6.45) is -5.10. The first-order chi connectivity index (χ1) is 12.7. The Balaban J connectivity index is 2.33. The summed E-state index contributed by atoms with van der Waals surface area (Å²) >= 11 is 0. The van der Waals surface area contributed by atoms with Gasteiger partial charge in [-0.2, -0.15) is 0 Å². The number of nitrogens with two attached hydrogens (primary N) is 1. The molecule has 3 amide bonds. The van der Waals surface area contributed by atoms with Crippen molar-refractivity contribution in [2.24, 2.45) is 5.73 Å². The Kier molecular flexibility index (Phi) is 10.1. The Morgan fingerprint density at radius 1 is 1.11 bits per heavy atom. The van der Waals surface area contributed by atoms with Gasteiger partial charge in [0, 0.05) is 13.1 Å². The van der Waals surface area contributed by atoms with Crippen molar-refractivity contribution in [3.05, 3.63) is 0 Å². The molecule has 0 aliphatic carbocycles. The lowest BCUT2D eigenvalue weighted by atomic mass is 10.1. The van der Waals surface area contributed by atoms with Crippen LogP contribution < -0.4 is 16.4 Å². The van der Waals surface area contributed by atoms with Crippen LogP contribution in [0.5, 0.6) is 0 Å². The molecular formula is C15H28N4O8. The number of carbonyl (C=O) groups excluding carboxylic acids is 3. The van der Waals surface area contributed by atoms with E-state index in [0.29, 0.717) is 6.54 Å². The number of likely N-dealkylation sites (N-methyl/N-ethyl adjacent to an activating group) is 1. The van der Waals surface area contributed by atoms with Crippen molar-refractivity contribution in [1.29, 1.82) is 0 Å². The first kappa shape index (κ1) is 23.2. The molecule has 1 rings (SSSR count). The molecule has 0 spiro atoms. The molecule has 0 saturated carbocycles. The molecule has 156 valence electrons. The van der Waals surface area contributed by atoms with Gasteiger partial charge in [0.05, 0.1) is 32.8 Å². The Morgan fingerprint density at radius 3 is 2.33 bits per heavy atom. The fourth-order valence-corrected chi connectivity index (χ4v) is 2.39. The van der Waals surface area contributed by atoms with Crippen molar-refractivity contribution < 1.29 is 39.2 Å². The number of carbonyl (C=O) groups is 3. The number of rotatable bonds is 11. The summed E-state index contributed by atoms with van der Waals surface area (Å²) in [6.45, 7) is 1.42. The monoisotopic (exact) mass is 392 g/mol. The second kappa shape index (κ2) is 11.8. The van der Waals surface area contributed by atoms with E-state index in [1.54, 1.807) is 6.92 Å². The van der Waals surface area contributed by atoms with Gasteiger partial charge in [0.1, 0.15) is 18.3 Å². The number of primary amides is 1. The maximum Gasteiger partial charge on any atom is 0.234 e. The van der Waals surface area contributed by atoms with E-state index in [1.165, 1.54) is 4.90 Å². The third-order valence-corrected chi connectivity index (χ3v) is 3.65. The molecule has 27 heavy (non-hydrogen) atoms. The second-order valence-corrected chi connectivity index (χ2v) is 6.04. The number of nitrogens with zero attached hydrogens (tertiary/aromatic N) is 1. The number of hydrogen-bond donors (Lipinski definition) is 6. The average Bonchev–Trinajstić information content (AvgIpc) is 2.57. The third kappa shape index (κ3) is 8.60. The summed E-state index contributed by atoms with van der Waals surface area (Å²) in [6, 6.07) is 0. The summed E-state index contributed by atoms with van der Waals surface area (Å²) in [5.74, 6) is -1.46. The number of aliphatic hydroxyl groups is 3.